The van der Waals surface area contributed by atoms with Crippen molar-refractivity contribution in [2.24, 2.45) is 7.05 Å². The summed E-state index contributed by atoms with van der Waals surface area (Å²) in [6, 6.07) is 11.2. The third kappa shape index (κ3) is 3.45. The lowest BCUT2D eigenvalue weighted by atomic mass is 10.1. The summed E-state index contributed by atoms with van der Waals surface area (Å²) < 4.78 is 7.46. The fourth-order valence-corrected chi connectivity index (χ4v) is 3.57. The Hall–Kier alpha value is -3.09. The molecule has 0 aliphatic carbocycles. The van der Waals surface area contributed by atoms with Gasteiger partial charge < -0.3 is 19.5 Å². The lowest BCUT2D eigenvalue weighted by Gasteiger charge is -2.17. The molecule has 2 amide bonds. The summed E-state index contributed by atoms with van der Waals surface area (Å²) >= 11 is 0. The first-order valence-electron chi connectivity index (χ1n) is 9.22. The van der Waals surface area contributed by atoms with Crippen LogP contribution in [0, 0.1) is 0 Å². The van der Waals surface area contributed by atoms with E-state index >= 15 is 0 Å². The molecule has 7 heteroatoms. The van der Waals surface area contributed by atoms with Gasteiger partial charge in [0.1, 0.15) is 17.1 Å². The highest BCUT2D eigenvalue weighted by atomic mass is 16.5. The lowest BCUT2D eigenvalue weighted by Crippen LogP contribution is -2.32. The summed E-state index contributed by atoms with van der Waals surface area (Å²) in [6.07, 6.45) is 2.67. The lowest BCUT2D eigenvalue weighted by molar-refractivity contribution is 0.222. The van der Waals surface area contributed by atoms with Crippen LogP contribution in [0.15, 0.2) is 42.6 Å². The minimum atomic E-state index is -0.0847. The molecule has 2 aromatic heterocycles. The van der Waals surface area contributed by atoms with Crippen LogP contribution in [0.4, 0.5) is 10.5 Å². The molecule has 7 nitrogen and oxygen atoms in total. The summed E-state index contributed by atoms with van der Waals surface area (Å²) in [6.45, 7) is 3.93. The van der Waals surface area contributed by atoms with E-state index in [0.717, 1.165) is 34.8 Å². The van der Waals surface area contributed by atoms with Crippen molar-refractivity contribution in [2.75, 3.05) is 25.0 Å². The molecule has 1 aliphatic rings. The number of urea groups is 1. The molecule has 0 radical (unpaired) electrons. The molecule has 140 valence electrons. The normalized spacial score (nSPS) is 16.7. The maximum absolute atomic E-state index is 12.6. The van der Waals surface area contributed by atoms with E-state index in [9.17, 15) is 4.79 Å². The second kappa shape index (κ2) is 7.26. The highest BCUT2D eigenvalue weighted by Crippen LogP contribution is 2.28. The summed E-state index contributed by atoms with van der Waals surface area (Å²) in [7, 11) is 1.99. The Morgan fingerprint density at radius 1 is 1.30 bits per heavy atom. The number of amides is 2. The Labute approximate surface area is 158 Å². The largest absolute Gasteiger partial charge is 0.494 e. The van der Waals surface area contributed by atoms with Crippen molar-refractivity contribution in [1.29, 1.82) is 0 Å². The van der Waals surface area contributed by atoms with Crippen molar-refractivity contribution in [3.05, 3.63) is 48.4 Å². The number of imidazole rings is 1. The number of hydrogen-bond donors (Lipinski definition) is 1. The third-order valence-electron chi connectivity index (χ3n) is 4.92. The van der Waals surface area contributed by atoms with E-state index in [2.05, 4.69) is 10.3 Å². The number of carbonyl (C=O) groups excluding carboxylic acids is 1. The number of aromatic nitrogens is 3. The summed E-state index contributed by atoms with van der Waals surface area (Å²) in [5.41, 5.74) is 2.54. The second-order valence-electron chi connectivity index (χ2n) is 6.69. The average molecular weight is 365 g/mol. The maximum Gasteiger partial charge on any atom is 0.321 e. The molecule has 0 spiro atoms. The van der Waals surface area contributed by atoms with Crippen molar-refractivity contribution in [2.45, 2.75) is 19.3 Å². The first kappa shape index (κ1) is 17.3. The number of nitrogens with one attached hydrogen (secondary N) is 1. The first-order chi connectivity index (χ1) is 13.2. The van der Waals surface area contributed by atoms with Gasteiger partial charge in [0.15, 0.2) is 5.65 Å². The van der Waals surface area contributed by atoms with E-state index in [0.29, 0.717) is 19.7 Å². The standard InChI is InChI=1S/C20H23N5O2/c1-3-27-16-8-6-15(7-9-16)22-20(26)25-12-10-14(13-25)18-23-17-5-4-11-21-19(17)24(18)2/h4-9,11,14H,3,10,12-13H2,1-2H3,(H,22,26)/t14-/m1/s1. The van der Waals surface area contributed by atoms with Crippen LogP contribution >= 0.6 is 0 Å². The molecule has 1 atom stereocenters. The number of carbonyl (C=O) groups is 1. The summed E-state index contributed by atoms with van der Waals surface area (Å²) in [5.74, 6) is 2.00. The Morgan fingerprint density at radius 3 is 2.85 bits per heavy atom. The van der Waals surface area contributed by atoms with Crippen molar-refractivity contribution in [1.82, 2.24) is 19.4 Å². The van der Waals surface area contributed by atoms with Gasteiger partial charge in [0.05, 0.1) is 6.61 Å². The van der Waals surface area contributed by atoms with Gasteiger partial charge in [-0.15, -0.1) is 0 Å². The van der Waals surface area contributed by atoms with Crippen LogP contribution in [0.25, 0.3) is 11.2 Å². The summed E-state index contributed by atoms with van der Waals surface area (Å²) in [4.78, 5) is 23.6. The van der Waals surface area contributed by atoms with Crippen LogP contribution in [0.3, 0.4) is 0 Å². The van der Waals surface area contributed by atoms with Gasteiger partial charge in [-0.05, 0) is 49.7 Å². The summed E-state index contributed by atoms with van der Waals surface area (Å²) in [5, 5.41) is 2.96. The number of pyridine rings is 1. The molecule has 1 saturated heterocycles. The molecule has 0 bridgehead atoms. The first-order valence-corrected chi connectivity index (χ1v) is 9.22. The van der Waals surface area contributed by atoms with E-state index in [1.54, 1.807) is 6.20 Å². The van der Waals surface area contributed by atoms with Gasteiger partial charge in [0.25, 0.3) is 0 Å². The predicted molar refractivity (Wildman–Crippen MR) is 104 cm³/mol. The number of anilines is 1. The molecule has 27 heavy (non-hydrogen) atoms. The van der Waals surface area contributed by atoms with Crippen molar-refractivity contribution < 1.29 is 9.53 Å². The number of rotatable bonds is 4. The molecule has 3 aromatic rings. The molecule has 4 rings (SSSR count). The van der Waals surface area contributed by atoms with Crippen LogP contribution in [-0.4, -0.2) is 45.2 Å². The Morgan fingerprint density at radius 2 is 2.11 bits per heavy atom. The Bertz CT molecular complexity index is 951. The van der Waals surface area contributed by atoms with E-state index in [4.69, 9.17) is 9.72 Å². The highest BCUT2D eigenvalue weighted by molar-refractivity contribution is 5.89. The number of nitrogens with zero attached hydrogens (tertiary/aromatic N) is 4. The van der Waals surface area contributed by atoms with Gasteiger partial charge in [-0.25, -0.2) is 14.8 Å². The van der Waals surface area contributed by atoms with Crippen molar-refractivity contribution >= 4 is 22.9 Å². The fourth-order valence-electron chi connectivity index (χ4n) is 3.57. The number of likely N-dealkylation sites (tertiary alicyclic amines) is 1. The highest BCUT2D eigenvalue weighted by Gasteiger charge is 2.30. The van der Waals surface area contributed by atoms with Crippen LogP contribution in [0.5, 0.6) is 5.75 Å². The zero-order valence-electron chi connectivity index (χ0n) is 15.6. The minimum absolute atomic E-state index is 0.0847. The van der Waals surface area contributed by atoms with Gasteiger partial charge in [0.2, 0.25) is 0 Å². The van der Waals surface area contributed by atoms with E-state index in [-0.39, 0.29) is 11.9 Å². The second-order valence-corrected chi connectivity index (χ2v) is 6.69. The SMILES string of the molecule is CCOc1ccc(NC(=O)N2CC[C@@H](c3nc4cccnc4n3C)C2)cc1. The number of aryl methyl sites for hydroxylation is 1. The molecular formula is C20H23N5O2. The number of ether oxygens (including phenoxy) is 1. The molecule has 1 aliphatic heterocycles. The molecule has 0 unspecified atom stereocenters. The Kier molecular flexibility index (Phi) is 4.66. The van der Waals surface area contributed by atoms with Crippen molar-refractivity contribution in [3.8, 4) is 5.75 Å². The van der Waals surface area contributed by atoms with Gasteiger partial charge in [-0.1, -0.05) is 0 Å². The van der Waals surface area contributed by atoms with Crippen LogP contribution in [0.2, 0.25) is 0 Å². The van der Waals surface area contributed by atoms with Gasteiger partial charge in [-0.2, -0.15) is 0 Å². The smallest absolute Gasteiger partial charge is 0.321 e. The zero-order chi connectivity index (χ0) is 18.8. The topological polar surface area (TPSA) is 72.3 Å². The number of fused-ring (bicyclic) bond motifs is 1. The molecule has 1 aromatic carbocycles. The van der Waals surface area contributed by atoms with E-state index in [1.807, 2.05) is 59.8 Å². The quantitative estimate of drug-likeness (QED) is 0.769. The number of benzene rings is 1. The average Bonchev–Trinajstić information content (AvgIpc) is 3.29. The molecule has 3 heterocycles. The van der Waals surface area contributed by atoms with Crippen molar-refractivity contribution in [3.63, 3.8) is 0 Å². The van der Waals surface area contributed by atoms with Gasteiger partial charge >= 0.3 is 6.03 Å². The monoisotopic (exact) mass is 365 g/mol. The van der Waals surface area contributed by atoms with Crippen LogP contribution in [-0.2, 0) is 7.05 Å². The zero-order valence-corrected chi connectivity index (χ0v) is 15.6. The van der Waals surface area contributed by atoms with Crippen LogP contribution < -0.4 is 10.1 Å². The third-order valence-corrected chi connectivity index (χ3v) is 4.92. The molecular weight excluding hydrogens is 342 g/mol. The van der Waals surface area contributed by atoms with E-state index < -0.39 is 0 Å². The van der Waals surface area contributed by atoms with Gasteiger partial charge in [-0.3, -0.25) is 0 Å². The minimum Gasteiger partial charge on any atom is -0.494 e. The molecule has 1 fully saturated rings. The molecule has 1 N–H and O–H groups in total. The van der Waals surface area contributed by atoms with E-state index in [1.165, 1.54) is 0 Å². The predicted octanol–water partition coefficient (Wildman–Crippen LogP) is 3.39. The fraction of sp³-hybridized carbons (Fsp3) is 0.350. The van der Waals surface area contributed by atoms with Gasteiger partial charge in [0, 0.05) is 37.9 Å². The Balaban J connectivity index is 1.42. The molecule has 0 saturated carbocycles. The van der Waals surface area contributed by atoms with Crippen LogP contribution in [0.1, 0.15) is 25.1 Å². The number of hydrogen-bond acceptors (Lipinski definition) is 4. The maximum atomic E-state index is 12.6.